The zero-order chi connectivity index (χ0) is 16.9. The topological polar surface area (TPSA) is 47.6 Å². The third-order valence-corrected chi connectivity index (χ3v) is 3.59. The quantitative estimate of drug-likeness (QED) is 0.888. The number of hydrogen-bond acceptors (Lipinski definition) is 3. The van der Waals surface area contributed by atoms with Crippen molar-refractivity contribution in [3.8, 4) is 11.5 Å². The first-order valence-electron chi connectivity index (χ1n) is 7.53. The summed E-state index contributed by atoms with van der Waals surface area (Å²) < 4.78 is 10.4. The SMILES string of the molecule is COc1ccc(C(=O)NC(C)(C)Cc2ccccc2)cc1OC. The molecule has 0 spiro atoms. The van der Waals surface area contributed by atoms with Gasteiger partial charge >= 0.3 is 0 Å². The minimum atomic E-state index is -0.356. The molecule has 0 aliphatic rings. The van der Waals surface area contributed by atoms with E-state index < -0.39 is 0 Å². The number of carbonyl (C=O) groups excluding carboxylic acids is 1. The zero-order valence-corrected chi connectivity index (χ0v) is 14.1. The molecule has 0 bridgehead atoms. The third-order valence-electron chi connectivity index (χ3n) is 3.59. The van der Waals surface area contributed by atoms with Gasteiger partial charge in [0, 0.05) is 11.1 Å². The van der Waals surface area contributed by atoms with Gasteiger partial charge in [-0.3, -0.25) is 4.79 Å². The van der Waals surface area contributed by atoms with Gasteiger partial charge in [-0.05, 0) is 44.0 Å². The molecule has 0 heterocycles. The maximum Gasteiger partial charge on any atom is 0.251 e. The second kappa shape index (κ2) is 7.18. The Labute approximate surface area is 137 Å². The molecule has 0 fully saturated rings. The summed E-state index contributed by atoms with van der Waals surface area (Å²) >= 11 is 0. The summed E-state index contributed by atoms with van der Waals surface area (Å²) in [5.74, 6) is 1.01. The monoisotopic (exact) mass is 313 g/mol. The molecule has 122 valence electrons. The largest absolute Gasteiger partial charge is 0.493 e. The first-order valence-corrected chi connectivity index (χ1v) is 7.53. The lowest BCUT2D eigenvalue weighted by molar-refractivity contribution is 0.0912. The molecule has 0 saturated heterocycles. The maximum atomic E-state index is 12.5. The Hall–Kier alpha value is -2.49. The molecule has 0 aliphatic carbocycles. The van der Waals surface area contributed by atoms with E-state index in [0.29, 0.717) is 17.1 Å². The highest BCUT2D eigenvalue weighted by molar-refractivity contribution is 5.95. The van der Waals surface area contributed by atoms with Crippen LogP contribution in [0, 0.1) is 0 Å². The van der Waals surface area contributed by atoms with E-state index in [4.69, 9.17) is 9.47 Å². The molecule has 0 saturated carbocycles. The Bertz CT molecular complexity index is 666. The summed E-state index contributed by atoms with van der Waals surface area (Å²) in [6, 6.07) is 15.3. The maximum absolute atomic E-state index is 12.5. The molecular weight excluding hydrogens is 290 g/mol. The van der Waals surface area contributed by atoms with E-state index in [1.165, 1.54) is 5.56 Å². The van der Waals surface area contributed by atoms with E-state index in [2.05, 4.69) is 17.4 Å². The molecule has 1 N–H and O–H groups in total. The zero-order valence-electron chi connectivity index (χ0n) is 14.1. The van der Waals surface area contributed by atoms with Crippen molar-refractivity contribution in [3.63, 3.8) is 0 Å². The molecule has 4 heteroatoms. The lowest BCUT2D eigenvalue weighted by Gasteiger charge is -2.26. The van der Waals surface area contributed by atoms with Gasteiger partial charge in [-0.25, -0.2) is 0 Å². The van der Waals surface area contributed by atoms with Gasteiger partial charge < -0.3 is 14.8 Å². The minimum Gasteiger partial charge on any atom is -0.493 e. The molecule has 0 atom stereocenters. The van der Waals surface area contributed by atoms with Crippen LogP contribution in [0.25, 0.3) is 0 Å². The summed E-state index contributed by atoms with van der Waals surface area (Å²) in [4.78, 5) is 12.5. The van der Waals surface area contributed by atoms with E-state index >= 15 is 0 Å². The summed E-state index contributed by atoms with van der Waals surface area (Å²) in [7, 11) is 3.12. The van der Waals surface area contributed by atoms with Crippen molar-refractivity contribution >= 4 is 5.91 Å². The Balaban J connectivity index is 2.11. The normalized spacial score (nSPS) is 11.0. The van der Waals surface area contributed by atoms with Crippen LogP contribution in [0.2, 0.25) is 0 Å². The standard InChI is InChI=1S/C19H23NO3/c1-19(2,13-14-8-6-5-7-9-14)20-18(21)15-10-11-16(22-3)17(12-15)23-4/h5-12H,13H2,1-4H3,(H,20,21). The Kier molecular flexibility index (Phi) is 5.27. The fraction of sp³-hybridized carbons (Fsp3) is 0.316. The first-order chi connectivity index (χ1) is 10.9. The molecule has 1 amide bonds. The van der Waals surface area contributed by atoms with Gasteiger partial charge in [0.2, 0.25) is 0 Å². The fourth-order valence-corrected chi connectivity index (χ4v) is 2.51. The highest BCUT2D eigenvalue weighted by atomic mass is 16.5. The highest BCUT2D eigenvalue weighted by Gasteiger charge is 2.22. The molecule has 0 aromatic heterocycles. The van der Waals surface area contributed by atoms with Gasteiger partial charge in [0.25, 0.3) is 5.91 Å². The average molecular weight is 313 g/mol. The van der Waals surface area contributed by atoms with Crippen molar-refractivity contribution in [3.05, 3.63) is 59.7 Å². The van der Waals surface area contributed by atoms with E-state index in [0.717, 1.165) is 6.42 Å². The summed E-state index contributed by atoms with van der Waals surface area (Å²) in [6.07, 6.45) is 0.757. The van der Waals surface area contributed by atoms with Crippen LogP contribution in [0.4, 0.5) is 0 Å². The molecule has 0 aliphatic heterocycles. The van der Waals surface area contributed by atoms with Crippen LogP contribution < -0.4 is 14.8 Å². The van der Waals surface area contributed by atoms with Gasteiger partial charge in [-0.1, -0.05) is 30.3 Å². The van der Waals surface area contributed by atoms with Gasteiger partial charge in [0.1, 0.15) is 0 Å². The van der Waals surface area contributed by atoms with Gasteiger partial charge in [0.15, 0.2) is 11.5 Å². The van der Waals surface area contributed by atoms with Gasteiger partial charge in [-0.15, -0.1) is 0 Å². The molecule has 2 aromatic carbocycles. The second-order valence-corrected chi connectivity index (χ2v) is 6.07. The smallest absolute Gasteiger partial charge is 0.251 e. The molecule has 0 radical (unpaired) electrons. The second-order valence-electron chi connectivity index (χ2n) is 6.07. The van der Waals surface area contributed by atoms with Crippen molar-refractivity contribution in [1.82, 2.24) is 5.32 Å². The summed E-state index contributed by atoms with van der Waals surface area (Å²) in [5.41, 5.74) is 1.37. The third kappa shape index (κ3) is 4.49. The molecule has 0 unspecified atom stereocenters. The van der Waals surface area contributed by atoms with E-state index in [1.807, 2.05) is 32.0 Å². The van der Waals surface area contributed by atoms with Crippen molar-refractivity contribution in [1.29, 1.82) is 0 Å². The average Bonchev–Trinajstić information content (AvgIpc) is 2.54. The van der Waals surface area contributed by atoms with Crippen LogP contribution in [0.5, 0.6) is 11.5 Å². The summed E-state index contributed by atoms with van der Waals surface area (Å²) in [6.45, 7) is 4.03. The Morgan fingerprint density at radius 2 is 1.65 bits per heavy atom. The Morgan fingerprint density at radius 3 is 2.26 bits per heavy atom. The van der Waals surface area contributed by atoms with Crippen molar-refractivity contribution in [2.24, 2.45) is 0 Å². The number of carbonyl (C=O) groups is 1. The molecular formula is C19H23NO3. The van der Waals surface area contributed by atoms with Crippen LogP contribution in [0.1, 0.15) is 29.8 Å². The molecule has 2 aromatic rings. The fourth-order valence-electron chi connectivity index (χ4n) is 2.51. The lowest BCUT2D eigenvalue weighted by atomic mass is 9.94. The molecule has 2 rings (SSSR count). The number of ether oxygens (including phenoxy) is 2. The number of rotatable bonds is 6. The van der Waals surface area contributed by atoms with E-state index in [1.54, 1.807) is 32.4 Å². The van der Waals surface area contributed by atoms with Crippen LogP contribution in [0.3, 0.4) is 0 Å². The van der Waals surface area contributed by atoms with Crippen molar-refractivity contribution < 1.29 is 14.3 Å². The van der Waals surface area contributed by atoms with Crippen molar-refractivity contribution in [2.45, 2.75) is 25.8 Å². The van der Waals surface area contributed by atoms with E-state index in [9.17, 15) is 4.79 Å². The van der Waals surface area contributed by atoms with E-state index in [-0.39, 0.29) is 11.4 Å². The predicted octanol–water partition coefficient (Wildman–Crippen LogP) is 3.45. The first kappa shape index (κ1) is 16.9. The number of nitrogens with one attached hydrogen (secondary N) is 1. The van der Waals surface area contributed by atoms with Crippen LogP contribution in [0.15, 0.2) is 48.5 Å². The number of amides is 1. The lowest BCUT2D eigenvalue weighted by Crippen LogP contribution is -2.45. The van der Waals surface area contributed by atoms with Gasteiger partial charge in [-0.2, -0.15) is 0 Å². The predicted molar refractivity (Wildman–Crippen MR) is 91.2 cm³/mol. The molecule has 4 nitrogen and oxygen atoms in total. The number of methoxy groups -OCH3 is 2. The highest BCUT2D eigenvalue weighted by Crippen LogP contribution is 2.27. The molecule has 23 heavy (non-hydrogen) atoms. The Morgan fingerprint density at radius 1 is 1.00 bits per heavy atom. The van der Waals surface area contributed by atoms with Crippen LogP contribution >= 0.6 is 0 Å². The van der Waals surface area contributed by atoms with Crippen LogP contribution in [-0.2, 0) is 6.42 Å². The van der Waals surface area contributed by atoms with Crippen LogP contribution in [-0.4, -0.2) is 25.7 Å². The van der Waals surface area contributed by atoms with Gasteiger partial charge in [0.05, 0.1) is 14.2 Å². The minimum absolute atomic E-state index is 0.133. The summed E-state index contributed by atoms with van der Waals surface area (Å²) in [5, 5.41) is 3.07. The number of benzene rings is 2. The van der Waals surface area contributed by atoms with Crippen molar-refractivity contribution in [2.75, 3.05) is 14.2 Å². The number of hydrogen-bond donors (Lipinski definition) is 1.